The van der Waals surface area contributed by atoms with Gasteiger partial charge in [0.1, 0.15) is 5.69 Å². The molecule has 0 unspecified atom stereocenters. The first-order valence-electron chi connectivity index (χ1n) is 4.95. The number of nitrogens with two attached hydrogens (primary N) is 1. The van der Waals surface area contributed by atoms with Crippen LogP contribution in [0, 0.1) is 0 Å². The molecular formula is C10H11ClN4O. The molecule has 0 aliphatic rings. The van der Waals surface area contributed by atoms with Crippen molar-refractivity contribution in [2.45, 2.75) is 12.8 Å². The van der Waals surface area contributed by atoms with Gasteiger partial charge in [-0.25, -0.2) is 0 Å². The minimum Gasteiger partial charge on any atom is -0.339 e. The standard InChI is InChI=1S/C10H11ClN4O/c11-7-3-2-6-13-9(7)10-14-8(16-15-10)4-1-5-12/h2-3,6H,1,4-5,12H2. The third-order valence-electron chi connectivity index (χ3n) is 2.03. The Bertz CT molecular complexity index is 471. The number of hydrogen-bond acceptors (Lipinski definition) is 5. The van der Waals surface area contributed by atoms with E-state index in [2.05, 4.69) is 15.1 Å². The molecule has 0 amide bonds. The summed E-state index contributed by atoms with van der Waals surface area (Å²) in [6.45, 7) is 0.599. The molecule has 0 saturated carbocycles. The largest absolute Gasteiger partial charge is 0.339 e. The fourth-order valence-electron chi connectivity index (χ4n) is 1.26. The van der Waals surface area contributed by atoms with E-state index >= 15 is 0 Å². The molecule has 0 radical (unpaired) electrons. The molecule has 2 aromatic heterocycles. The van der Waals surface area contributed by atoms with Crippen molar-refractivity contribution in [1.82, 2.24) is 15.1 Å². The summed E-state index contributed by atoms with van der Waals surface area (Å²) in [5.74, 6) is 0.972. The van der Waals surface area contributed by atoms with Crippen LogP contribution in [0.4, 0.5) is 0 Å². The predicted octanol–water partition coefficient (Wildman–Crippen LogP) is 1.68. The molecule has 0 spiro atoms. The van der Waals surface area contributed by atoms with Gasteiger partial charge in [-0.05, 0) is 25.1 Å². The van der Waals surface area contributed by atoms with E-state index in [0.717, 1.165) is 6.42 Å². The molecule has 0 saturated heterocycles. The molecule has 2 aromatic rings. The monoisotopic (exact) mass is 238 g/mol. The Morgan fingerprint density at radius 3 is 3.06 bits per heavy atom. The van der Waals surface area contributed by atoms with Crippen LogP contribution in [0.3, 0.4) is 0 Å². The predicted molar refractivity (Wildman–Crippen MR) is 59.9 cm³/mol. The van der Waals surface area contributed by atoms with Gasteiger partial charge < -0.3 is 10.3 Å². The topological polar surface area (TPSA) is 77.8 Å². The normalized spacial score (nSPS) is 10.6. The Kier molecular flexibility index (Phi) is 3.48. The van der Waals surface area contributed by atoms with Crippen molar-refractivity contribution in [1.29, 1.82) is 0 Å². The van der Waals surface area contributed by atoms with E-state index in [-0.39, 0.29) is 0 Å². The SMILES string of the molecule is NCCCc1nc(-c2ncccc2Cl)no1. The van der Waals surface area contributed by atoms with Gasteiger partial charge in [-0.3, -0.25) is 4.98 Å². The van der Waals surface area contributed by atoms with Gasteiger partial charge in [-0.2, -0.15) is 4.98 Å². The highest BCUT2D eigenvalue weighted by Crippen LogP contribution is 2.22. The fourth-order valence-corrected chi connectivity index (χ4v) is 1.46. The molecule has 2 heterocycles. The van der Waals surface area contributed by atoms with Crippen LogP contribution < -0.4 is 5.73 Å². The second-order valence-corrected chi connectivity index (χ2v) is 3.64. The van der Waals surface area contributed by atoms with Gasteiger partial charge in [0.15, 0.2) is 0 Å². The van der Waals surface area contributed by atoms with Crippen molar-refractivity contribution in [3.8, 4) is 11.5 Å². The van der Waals surface area contributed by atoms with E-state index in [1.54, 1.807) is 18.3 Å². The van der Waals surface area contributed by atoms with E-state index in [4.69, 9.17) is 21.9 Å². The van der Waals surface area contributed by atoms with Gasteiger partial charge >= 0.3 is 0 Å². The number of nitrogens with zero attached hydrogens (tertiary/aromatic N) is 3. The maximum atomic E-state index is 5.97. The van der Waals surface area contributed by atoms with Crippen LogP contribution >= 0.6 is 11.6 Å². The lowest BCUT2D eigenvalue weighted by Gasteiger charge is -1.94. The quantitative estimate of drug-likeness (QED) is 0.877. The van der Waals surface area contributed by atoms with E-state index in [1.165, 1.54) is 0 Å². The maximum absolute atomic E-state index is 5.97. The molecule has 16 heavy (non-hydrogen) atoms. The average molecular weight is 239 g/mol. The van der Waals surface area contributed by atoms with Crippen LogP contribution in [0.1, 0.15) is 12.3 Å². The molecule has 2 rings (SSSR count). The van der Waals surface area contributed by atoms with E-state index in [9.17, 15) is 0 Å². The molecule has 0 bridgehead atoms. The highest BCUT2D eigenvalue weighted by molar-refractivity contribution is 6.32. The zero-order valence-electron chi connectivity index (χ0n) is 8.56. The van der Waals surface area contributed by atoms with E-state index in [0.29, 0.717) is 35.4 Å². The minimum absolute atomic E-state index is 0.414. The van der Waals surface area contributed by atoms with Crippen LogP contribution in [0.2, 0.25) is 5.02 Å². The summed E-state index contributed by atoms with van der Waals surface area (Å²) in [5, 5.41) is 4.33. The number of aromatic nitrogens is 3. The second-order valence-electron chi connectivity index (χ2n) is 3.24. The van der Waals surface area contributed by atoms with E-state index in [1.807, 2.05) is 0 Å². The Labute approximate surface area is 97.6 Å². The molecular weight excluding hydrogens is 228 g/mol. The number of pyridine rings is 1. The minimum atomic E-state index is 0.414. The Morgan fingerprint density at radius 2 is 2.31 bits per heavy atom. The fraction of sp³-hybridized carbons (Fsp3) is 0.300. The van der Waals surface area contributed by atoms with Crippen molar-refractivity contribution in [3.63, 3.8) is 0 Å². The first-order valence-corrected chi connectivity index (χ1v) is 5.32. The van der Waals surface area contributed by atoms with Gasteiger partial charge in [0, 0.05) is 12.6 Å². The van der Waals surface area contributed by atoms with Crippen molar-refractivity contribution in [2.24, 2.45) is 5.73 Å². The van der Waals surface area contributed by atoms with Gasteiger partial charge in [-0.1, -0.05) is 16.8 Å². The zero-order chi connectivity index (χ0) is 11.4. The summed E-state index contributed by atoms with van der Waals surface area (Å²) in [7, 11) is 0. The third-order valence-corrected chi connectivity index (χ3v) is 2.34. The van der Waals surface area contributed by atoms with Crippen molar-refractivity contribution in [3.05, 3.63) is 29.2 Å². The highest BCUT2D eigenvalue weighted by Gasteiger charge is 2.12. The lowest BCUT2D eigenvalue weighted by atomic mass is 10.3. The first kappa shape index (κ1) is 11.0. The molecule has 84 valence electrons. The molecule has 6 heteroatoms. The Hall–Kier alpha value is -1.46. The number of aryl methyl sites for hydroxylation is 1. The van der Waals surface area contributed by atoms with Gasteiger partial charge in [0.2, 0.25) is 11.7 Å². The van der Waals surface area contributed by atoms with Crippen LogP contribution in [0.15, 0.2) is 22.9 Å². The van der Waals surface area contributed by atoms with Crippen LogP contribution in [-0.4, -0.2) is 21.7 Å². The van der Waals surface area contributed by atoms with E-state index < -0.39 is 0 Å². The van der Waals surface area contributed by atoms with Crippen molar-refractivity contribution < 1.29 is 4.52 Å². The van der Waals surface area contributed by atoms with Crippen molar-refractivity contribution in [2.75, 3.05) is 6.54 Å². The molecule has 0 aliphatic carbocycles. The van der Waals surface area contributed by atoms with Crippen LogP contribution in [0.5, 0.6) is 0 Å². The molecule has 0 atom stereocenters. The van der Waals surface area contributed by atoms with Crippen molar-refractivity contribution >= 4 is 11.6 Å². The lowest BCUT2D eigenvalue weighted by Crippen LogP contribution is -2.00. The number of rotatable bonds is 4. The molecule has 5 nitrogen and oxygen atoms in total. The molecule has 2 N–H and O–H groups in total. The van der Waals surface area contributed by atoms with Gasteiger partial charge in [0.25, 0.3) is 0 Å². The van der Waals surface area contributed by atoms with Crippen LogP contribution in [0.25, 0.3) is 11.5 Å². The number of halogens is 1. The molecule has 0 aliphatic heterocycles. The molecule has 0 fully saturated rings. The summed E-state index contributed by atoms with van der Waals surface area (Å²) in [6.07, 6.45) is 3.13. The molecule has 0 aromatic carbocycles. The van der Waals surface area contributed by atoms with Gasteiger partial charge in [0.05, 0.1) is 5.02 Å². The smallest absolute Gasteiger partial charge is 0.227 e. The summed E-state index contributed by atoms with van der Waals surface area (Å²) in [5.41, 5.74) is 5.93. The zero-order valence-corrected chi connectivity index (χ0v) is 9.31. The summed E-state index contributed by atoms with van der Waals surface area (Å²) >= 11 is 5.97. The second kappa shape index (κ2) is 5.05. The lowest BCUT2D eigenvalue weighted by molar-refractivity contribution is 0.376. The number of hydrogen-bond donors (Lipinski definition) is 1. The Balaban J connectivity index is 2.22. The summed E-state index contributed by atoms with van der Waals surface area (Å²) in [6, 6.07) is 3.49. The average Bonchev–Trinajstić information content (AvgIpc) is 2.75. The summed E-state index contributed by atoms with van der Waals surface area (Å²) < 4.78 is 5.06. The first-order chi connectivity index (χ1) is 7.81. The summed E-state index contributed by atoms with van der Waals surface area (Å²) in [4.78, 5) is 8.30. The van der Waals surface area contributed by atoms with Crippen LogP contribution in [-0.2, 0) is 6.42 Å². The third kappa shape index (κ3) is 2.37. The highest BCUT2D eigenvalue weighted by atomic mass is 35.5. The maximum Gasteiger partial charge on any atom is 0.227 e. The van der Waals surface area contributed by atoms with Gasteiger partial charge in [-0.15, -0.1) is 0 Å². The Morgan fingerprint density at radius 1 is 1.44 bits per heavy atom.